The zero-order chi connectivity index (χ0) is 14.3. The van der Waals surface area contributed by atoms with Crippen LogP contribution in [0.3, 0.4) is 0 Å². The molecule has 6 heteroatoms. The quantitative estimate of drug-likeness (QED) is 0.788. The smallest absolute Gasteiger partial charge is 0.246 e. The summed E-state index contributed by atoms with van der Waals surface area (Å²) in [5.74, 6) is -0.185. The Morgan fingerprint density at radius 2 is 2.05 bits per heavy atom. The van der Waals surface area contributed by atoms with E-state index >= 15 is 0 Å². The van der Waals surface area contributed by atoms with Crippen molar-refractivity contribution in [3.63, 3.8) is 0 Å². The highest BCUT2D eigenvalue weighted by atomic mass is 35.5. The molecule has 0 saturated carbocycles. The third-order valence-electron chi connectivity index (χ3n) is 2.49. The summed E-state index contributed by atoms with van der Waals surface area (Å²) in [5.41, 5.74) is 0.889. The van der Waals surface area contributed by atoms with Crippen molar-refractivity contribution in [2.75, 3.05) is 26.9 Å². The highest BCUT2D eigenvalue weighted by Crippen LogP contribution is 2.25. The second-order valence-corrected chi connectivity index (χ2v) is 4.82. The molecule has 0 heterocycles. The van der Waals surface area contributed by atoms with E-state index in [1.54, 1.807) is 19.2 Å². The van der Waals surface area contributed by atoms with Crippen LogP contribution in [0.25, 0.3) is 0 Å². The van der Waals surface area contributed by atoms with E-state index in [-0.39, 0.29) is 18.6 Å². The number of hydrogen-bond donors (Lipinski definition) is 1. The third kappa shape index (κ3) is 5.78. The lowest BCUT2D eigenvalue weighted by molar-refractivity contribution is -0.126. The molecule has 0 fully saturated rings. The Morgan fingerprint density at radius 1 is 1.32 bits per heavy atom. The van der Waals surface area contributed by atoms with Crippen LogP contribution in [-0.4, -0.2) is 32.8 Å². The number of halogens is 2. The van der Waals surface area contributed by atoms with Gasteiger partial charge >= 0.3 is 0 Å². The molecule has 1 aromatic rings. The number of hydrogen-bond acceptors (Lipinski definition) is 3. The molecule has 106 valence electrons. The number of carbonyl (C=O) groups is 1. The van der Waals surface area contributed by atoms with E-state index in [1.165, 1.54) is 0 Å². The van der Waals surface area contributed by atoms with Gasteiger partial charge < -0.3 is 14.8 Å². The summed E-state index contributed by atoms with van der Waals surface area (Å²) in [5, 5.41) is 3.77. The lowest BCUT2D eigenvalue weighted by atomic mass is 10.1. The molecule has 0 aliphatic heterocycles. The number of methoxy groups -OCH3 is 1. The fraction of sp³-hybridized carbons (Fsp3) is 0.462. The molecule has 0 spiro atoms. The maximum absolute atomic E-state index is 11.6. The van der Waals surface area contributed by atoms with Gasteiger partial charge in [-0.3, -0.25) is 4.79 Å². The van der Waals surface area contributed by atoms with Gasteiger partial charge in [0.25, 0.3) is 0 Å². The Hall–Kier alpha value is -0.810. The van der Waals surface area contributed by atoms with E-state index in [9.17, 15) is 4.79 Å². The van der Waals surface area contributed by atoms with Gasteiger partial charge in [-0.2, -0.15) is 0 Å². The molecular formula is C13H17Cl2NO3. The Kier molecular flexibility index (Phi) is 7.16. The first kappa shape index (κ1) is 16.2. The highest BCUT2D eigenvalue weighted by molar-refractivity contribution is 6.42. The van der Waals surface area contributed by atoms with E-state index in [4.69, 9.17) is 32.7 Å². The molecule has 1 unspecified atom stereocenters. The van der Waals surface area contributed by atoms with Crippen molar-refractivity contribution in [2.24, 2.45) is 0 Å². The SMILES string of the molecule is COCCOCC(=O)NC(C)c1ccc(Cl)c(Cl)c1. The number of carbonyl (C=O) groups excluding carboxylic acids is 1. The van der Waals surface area contributed by atoms with Crippen LogP contribution < -0.4 is 5.32 Å². The molecule has 19 heavy (non-hydrogen) atoms. The summed E-state index contributed by atoms with van der Waals surface area (Å²) < 4.78 is 9.95. The summed E-state index contributed by atoms with van der Waals surface area (Å²) in [6.45, 7) is 2.74. The van der Waals surface area contributed by atoms with E-state index in [0.29, 0.717) is 23.3 Å². The topological polar surface area (TPSA) is 47.6 Å². The van der Waals surface area contributed by atoms with Gasteiger partial charge in [0.1, 0.15) is 6.61 Å². The molecular weight excluding hydrogens is 289 g/mol. The molecule has 0 bridgehead atoms. The molecule has 1 N–H and O–H groups in total. The molecule has 1 aromatic carbocycles. The number of benzene rings is 1. The fourth-order valence-corrected chi connectivity index (χ4v) is 1.76. The zero-order valence-electron chi connectivity index (χ0n) is 10.9. The van der Waals surface area contributed by atoms with E-state index < -0.39 is 0 Å². The minimum Gasteiger partial charge on any atom is -0.382 e. The average Bonchev–Trinajstić information content (AvgIpc) is 2.38. The Balaban J connectivity index is 2.43. The van der Waals surface area contributed by atoms with Crippen molar-refractivity contribution in [3.05, 3.63) is 33.8 Å². The molecule has 0 aliphatic rings. The van der Waals surface area contributed by atoms with Gasteiger partial charge in [-0.15, -0.1) is 0 Å². The van der Waals surface area contributed by atoms with Gasteiger partial charge in [0.15, 0.2) is 0 Å². The standard InChI is InChI=1S/C13H17Cl2NO3/c1-9(10-3-4-11(14)12(15)7-10)16-13(17)8-19-6-5-18-2/h3-4,7,9H,5-6,8H2,1-2H3,(H,16,17). The monoisotopic (exact) mass is 305 g/mol. The summed E-state index contributed by atoms with van der Waals surface area (Å²) >= 11 is 11.8. The average molecular weight is 306 g/mol. The first-order chi connectivity index (χ1) is 9.04. The zero-order valence-corrected chi connectivity index (χ0v) is 12.4. The summed E-state index contributed by atoms with van der Waals surface area (Å²) in [7, 11) is 1.58. The van der Waals surface area contributed by atoms with Crippen LogP contribution in [0.5, 0.6) is 0 Å². The van der Waals surface area contributed by atoms with Crippen LogP contribution in [0.1, 0.15) is 18.5 Å². The summed E-state index contributed by atoms with van der Waals surface area (Å²) in [6, 6.07) is 5.11. The molecule has 1 amide bonds. The molecule has 1 rings (SSSR count). The van der Waals surface area contributed by atoms with Crippen molar-refractivity contribution >= 4 is 29.1 Å². The van der Waals surface area contributed by atoms with E-state index in [0.717, 1.165) is 5.56 Å². The molecule has 0 radical (unpaired) electrons. The highest BCUT2D eigenvalue weighted by Gasteiger charge is 2.11. The van der Waals surface area contributed by atoms with E-state index in [1.807, 2.05) is 13.0 Å². The third-order valence-corrected chi connectivity index (χ3v) is 3.23. The van der Waals surface area contributed by atoms with Gasteiger partial charge in [-0.25, -0.2) is 0 Å². The van der Waals surface area contributed by atoms with Crippen LogP contribution in [0, 0.1) is 0 Å². The van der Waals surface area contributed by atoms with Crippen molar-refractivity contribution in [1.29, 1.82) is 0 Å². The van der Waals surface area contributed by atoms with Crippen LogP contribution >= 0.6 is 23.2 Å². The van der Waals surface area contributed by atoms with Crippen LogP contribution in [-0.2, 0) is 14.3 Å². The van der Waals surface area contributed by atoms with Gasteiger partial charge in [0.2, 0.25) is 5.91 Å². The number of rotatable bonds is 7. The maximum Gasteiger partial charge on any atom is 0.246 e. The number of nitrogens with one attached hydrogen (secondary N) is 1. The molecule has 0 aliphatic carbocycles. The fourth-order valence-electron chi connectivity index (χ4n) is 1.46. The van der Waals surface area contributed by atoms with Gasteiger partial charge in [-0.1, -0.05) is 29.3 Å². The van der Waals surface area contributed by atoms with Crippen molar-refractivity contribution < 1.29 is 14.3 Å². The number of ether oxygens (including phenoxy) is 2. The maximum atomic E-state index is 11.6. The largest absolute Gasteiger partial charge is 0.382 e. The molecule has 0 aromatic heterocycles. The van der Waals surface area contributed by atoms with Crippen molar-refractivity contribution in [1.82, 2.24) is 5.32 Å². The van der Waals surface area contributed by atoms with Gasteiger partial charge in [-0.05, 0) is 24.6 Å². The van der Waals surface area contributed by atoms with Crippen LogP contribution in [0.4, 0.5) is 0 Å². The normalized spacial score (nSPS) is 12.2. The second kappa shape index (κ2) is 8.38. The molecule has 4 nitrogen and oxygen atoms in total. The summed E-state index contributed by atoms with van der Waals surface area (Å²) in [4.78, 5) is 11.6. The molecule has 0 saturated heterocycles. The first-order valence-corrected chi connectivity index (χ1v) is 6.61. The van der Waals surface area contributed by atoms with Crippen molar-refractivity contribution in [2.45, 2.75) is 13.0 Å². The minimum atomic E-state index is -0.185. The minimum absolute atomic E-state index is 0.00895. The van der Waals surface area contributed by atoms with Gasteiger partial charge in [0.05, 0.1) is 29.3 Å². The van der Waals surface area contributed by atoms with Crippen molar-refractivity contribution in [3.8, 4) is 0 Å². The lowest BCUT2D eigenvalue weighted by Crippen LogP contribution is -2.30. The van der Waals surface area contributed by atoms with Gasteiger partial charge in [0, 0.05) is 7.11 Å². The van der Waals surface area contributed by atoms with Crippen LogP contribution in [0.15, 0.2) is 18.2 Å². The Labute approximate surface area is 123 Å². The van der Waals surface area contributed by atoms with Crippen LogP contribution in [0.2, 0.25) is 10.0 Å². The summed E-state index contributed by atoms with van der Waals surface area (Å²) in [6.07, 6.45) is 0. The molecule has 1 atom stereocenters. The first-order valence-electron chi connectivity index (χ1n) is 5.85. The number of amides is 1. The lowest BCUT2D eigenvalue weighted by Gasteiger charge is -2.15. The Bertz CT molecular complexity index is 426. The predicted molar refractivity (Wildman–Crippen MR) is 75.7 cm³/mol. The van der Waals surface area contributed by atoms with E-state index in [2.05, 4.69) is 5.32 Å². The predicted octanol–water partition coefficient (Wildman–Crippen LogP) is 2.83. The second-order valence-electron chi connectivity index (χ2n) is 4.01. The Morgan fingerprint density at radius 3 is 2.68 bits per heavy atom.